The van der Waals surface area contributed by atoms with Gasteiger partial charge >= 0.3 is 0 Å². The average Bonchev–Trinajstić information content (AvgIpc) is 2.34. The van der Waals surface area contributed by atoms with Crippen molar-refractivity contribution in [2.45, 2.75) is 13.8 Å². The highest BCUT2D eigenvalue weighted by molar-refractivity contribution is 9.10. The quantitative estimate of drug-likeness (QED) is 0.772. The zero-order valence-electron chi connectivity index (χ0n) is 11.3. The van der Waals surface area contributed by atoms with Gasteiger partial charge in [-0.2, -0.15) is 4.98 Å². The fourth-order valence-electron chi connectivity index (χ4n) is 1.55. The number of nitrogens with zero attached hydrogens (tertiary/aromatic N) is 3. The molecule has 1 aromatic heterocycles. The van der Waals surface area contributed by atoms with E-state index in [0.29, 0.717) is 24.4 Å². The van der Waals surface area contributed by atoms with Crippen molar-refractivity contribution in [3.05, 3.63) is 10.7 Å². The van der Waals surface area contributed by atoms with Gasteiger partial charge in [-0.05, 0) is 21.8 Å². The Hall–Kier alpha value is -0.880. The Morgan fingerprint density at radius 1 is 1.39 bits per heavy atom. The van der Waals surface area contributed by atoms with Gasteiger partial charge in [0.15, 0.2) is 0 Å². The number of hydrogen-bond acceptors (Lipinski definition) is 5. The van der Waals surface area contributed by atoms with Crippen molar-refractivity contribution < 1.29 is 9.47 Å². The van der Waals surface area contributed by atoms with E-state index in [1.807, 2.05) is 0 Å². The molecule has 0 amide bonds. The Morgan fingerprint density at radius 2 is 2.11 bits per heavy atom. The maximum absolute atomic E-state index is 5.19. The van der Waals surface area contributed by atoms with Gasteiger partial charge in [0, 0.05) is 20.2 Å². The Kier molecular flexibility index (Phi) is 6.35. The van der Waals surface area contributed by atoms with Gasteiger partial charge in [-0.3, -0.25) is 0 Å². The number of rotatable bonds is 7. The summed E-state index contributed by atoms with van der Waals surface area (Å²) in [4.78, 5) is 10.8. The molecule has 0 aliphatic rings. The van der Waals surface area contributed by atoms with Gasteiger partial charge in [-0.1, -0.05) is 13.8 Å². The lowest BCUT2D eigenvalue weighted by Gasteiger charge is -2.24. The van der Waals surface area contributed by atoms with Crippen LogP contribution in [0.15, 0.2) is 10.7 Å². The molecule has 6 heteroatoms. The Morgan fingerprint density at radius 3 is 2.67 bits per heavy atom. The van der Waals surface area contributed by atoms with Crippen LogP contribution in [0.5, 0.6) is 5.88 Å². The predicted molar refractivity (Wildman–Crippen MR) is 75.2 cm³/mol. The Bertz CT molecular complexity index is 374. The predicted octanol–water partition coefficient (Wildman–Crippen LogP) is 2.36. The van der Waals surface area contributed by atoms with Crippen molar-refractivity contribution in [1.82, 2.24) is 9.97 Å². The lowest BCUT2D eigenvalue weighted by atomic mass is 10.2. The monoisotopic (exact) mass is 317 g/mol. The molecule has 5 nitrogen and oxygen atoms in total. The van der Waals surface area contributed by atoms with E-state index in [2.05, 4.69) is 44.6 Å². The molecule has 0 aliphatic carbocycles. The molecule has 1 aromatic rings. The summed E-state index contributed by atoms with van der Waals surface area (Å²) in [5.74, 6) is 1.74. The van der Waals surface area contributed by atoms with E-state index in [1.165, 1.54) is 0 Å². The third-order valence-electron chi connectivity index (χ3n) is 2.33. The van der Waals surface area contributed by atoms with Gasteiger partial charge < -0.3 is 14.4 Å². The molecule has 0 unspecified atom stereocenters. The summed E-state index contributed by atoms with van der Waals surface area (Å²) >= 11 is 3.35. The number of methoxy groups -OCH3 is 2. The first kappa shape index (κ1) is 15.2. The molecule has 0 radical (unpaired) electrons. The smallest absolute Gasteiger partial charge is 0.232 e. The highest BCUT2D eigenvalue weighted by Crippen LogP contribution is 2.23. The van der Waals surface area contributed by atoms with Crippen molar-refractivity contribution >= 4 is 21.9 Å². The summed E-state index contributed by atoms with van der Waals surface area (Å²) in [7, 11) is 3.29. The molecular weight excluding hydrogens is 298 g/mol. The van der Waals surface area contributed by atoms with E-state index in [9.17, 15) is 0 Å². The first-order valence-corrected chi connectivity index (χ1v) is 6.68. The highest BCUT2D eigenvalue weighted by atomic mass is 79.9. The summed E-state index contributed by atoms with van der Waals surface area (Å²) in [6.07, 6.45) is 1.71. The topological polar surface area (TPSA) is 47.5 Å². The molecule has 0 N–H and O–H groups in total. The molecule has 0 spiro atoms. The van der Waals surface area contributed by atoms with Crippen LogP contribution in [0.2, 0.25) is 0 Å². The van der Waals surface area contributed by atoms with Crippen molar-refractivity contribution in [3.8, 4) is 5.88 Å². The summed E-state index contributed by atoms with van der Waals surface area (Å²) in [5, 5.41) is 0. The van der Waals surface area contributed by atoms with E-state index in [1.54, 1.807) is 20.4 Å². The third kappa shape index (κ3) is 4.42. The summed E-state index contributed by atoms with van der Waals surface area (Å²) in [5.41, 5.74) is 0. The fraction of sp³-hybridized carbons (Fsp3) is 0.667. The van der Waals surface area contributed by atoms with Crippen LogP contribution in [0.1, 0.15) is 13.8 Å². The first-order valence-electron chi connectivity index (χ1n) is 5.88. The molecule has 0 saturated carbocycles. The average molecular weight is 318 g/mol. The minimum atomic E-state index is 0.528. The molecule has 0 bridgehead atoms. The van der Waals surface area contributed by atoms with Crippen LogP contribution < -0.4 is 9.64 Å². The van der Waals surface area contributed by atoms with Crippen LogP contribution in [0.25, 0.3) is 0 Å². The van der Waals surface area contributed by atoms with E-state index in [4.69, 9.17) is 9.47 Å². The minimum Gasteiger partial charge on any atom is -0.480 e. The van der Waals surface area contributed by atoms with Crippen LogP contribution in [0, 0.1) is 5.92 Å². The lowest BCUT2D eigenvalue weighted by molar-refractivity contribution is 0.204. The third-order valence-corrected chi connectivity index (χ3v) is 2.87. The molecular formula is C12H20BrN3O2. The molecule has 1 rings (SSSR count). The van der Waals surface area contributed by atoms with Gasteiger partial charge in [-0.15, -0.1) is 0 Å². The Balaban J connectivity index is 2.89. The second kappa shape index (κ2) is 7.53. The molecule has 0 aliphatic heterocycles. The number of anilines is 1. The first-order chi connectivity index (χ1) is 8.58. The second-order valence-corrected chi connectivity index (χ2v) is 5.21. The van der Waals surface area contributed by atoms with Crippen molar-refractivity contribution in [2.75, 3.05) is 38.8 Å². The molecule has 102 valence electrons. The van der Waals surface area contributed by atoms with Crippen LogP contribution >= 0.6 is 15.9 Å². The zero-order valence-corrected chi connectivity index (χ0v) is 12.9. The maximum atomic E-state index is 5.19. The van der Waals surface area contributed by atoms with Crippen molar-refractivity contribution in [3.63, 3.8) is 0 Å². The minimum absolute atomic E-state index is 0.528. The molecule has 0 aromatic carbocycles. The van der Waals surface area contributed by atoms with Crippen LogP contribution in [-0.2, 0) is 4.74 Å². The van der Waals surface area contributed by atoms with Crippen molar-refractivity contribution in [2.24, 2.45) is 5.92 Å². The molecule has 18 heavy (non-hydrogen) atoms. The van der Waals surface area contributed by atoms with Gasteiger partial charge in [-0.25, -0.2) is 4.98 Å². The van der Waals surface area contributed by atoms with Crippen LogP contribution in [0.3, 0.4) is 0 Å². The van der Waals surface area contributed by atoms with E-state index in [0.717, 1.165) is 17.6 Å². The largest absolute Gasteiger partial charge is 0.480 e. The normalized spacial score (nSPS) is 10.8. The molecule has 0 saturated heterocycles. The van der Waals surface area contributed by atoms with Crippen LogP contribution in [-0.4, -0.2) is 43.9 Å². The number of hydrogen-bond donors (Lipinski definition) is 0. The molecule has 0 fully saturated rings. The SMILES string of the molecule is COCCN(CC(C)C)c1ncc(Br)c(OC)n1. The number of ether oxygens (including phenoxy) is 2. The van der Waals surface area contributed by atoms with E-state index in [-0.39, 0.29) is 0 Å². The number of aromatic nitrogens is 2. The summed E-state index contributed by atoms with van der Waals surface area (Å²) in [6.45, 7) is 6.62. The van der Waals surface area contributed by atoms with Gasteiger partial charge in [0.2, 0.25) is 11.8 Å². The van der Waals surface area contributed by atoms with Crippen LogP contribution in [0.4, 0.5) is 5.95 Å². The summed E-state index contributed by atoms with van der Waals surface area (Å²) in [6, 6.07) is 0. The van der Waals surface area contributed by atoms with Gasteiger partial charge in [0.05, 0.1) is 24.4 Å². The Labute approximate surface area is 117 Å². The van der Waals surface area contributed by atoms with E-state index < -0.39 is 0 Å². The second-order valence-electron chi connectivity index (χ2n) is 4.36. The lowest BCUT2D eigenvalue weighted by Crippen LogP contribution is -2.32. The van der Waals surface area contributed by atoms with Gasteiger partial charge in [0.25, 0.3) is 0 Å². The van der Waals surface area contributed by atoms with E-state index >= 15 is 0 Å². The fourth-order valence-corrected chi connectivity index (χ4v) is 1.91. The molecule has 0 atom stereocenters. The van der Waals surface area contributed by atoms with Crippen molar-refractivity contribution in [1.29, 1.82) is 0 Å². The maximum Gasteiger partial charge on any atom is 0.232 e. The van der Waals surface area contributed by atoms with Gasteiger partial charge in [0.1, 0.15) is 0 Å². The number of halogens is 1. The highest BCUT2D eigenvalue weighted by Gasteiger charge is 2.13. The zero-order chi connectivity index (χ0) is 13.5. The standard InChI is InChI=1S/C12H20BrN3O2/c1-9(2)8-16(5-6-17-3)12-14-7-10(13)11(15-12)18-4/h7,9H,5-6,8H2,1-4H3. The summed E-state index contributed by atoms with van der Waals surface area (Å²) < 4.78 is 11.1. The molecule has 1 heterocycles.